The van der Waals surface area contributed by atoms with Gasteiger partial charge in [-0.3, -0.25) is 14.8 Å². The van der Waals surface area contributed by atoms with Crippen molar-refractivity contribution in [3.05, 3.63) is 114 Å². The number of amides is 2. The number of halogens is 1. The Balaban J connectivity index is 1.35. The Labute approximate surface area is 236 Å². The van der Waals surface area contributed by atoms with E-state index in [2.05, 4.69) is 20.6 Å². The summed E-state index contributed by atoms with van der Waals surface area (Å²) in [7, 11) is -3.82. The molecule has 212 valence electrons. The van der Waals surface area contributed by atoms with Crippen LogP contribution in [-0.2, 0) is 27.8 Å². The molecule has 0 spiro atoms. The summed E-state index contributed by atoms with van der Waals surface area (Å²) < 4.78 is 46.1. The van der Waals surface area contributed by atoms with Crippen LogP contribution in [0.1, 0.15) is 29.0 Å². The van der Waals surface area contributed by atoms with Crippen molar-refractivity contribution in [2.75, 3.05) is 11.1 Å². The molecule has 1 atom stereocenters. The van der Waals surface area contributed by atoms with E-state index in [1.165, 1.54) is 54.9 Å². The molecule has 2 aromatic heterocycles. The average Bonchev–Trinajstić information content (AvgIpc) is 2.97. The number of carboxylic acid groups (broad SMARTS) is 1. The first-order valence-electron chi connectivity index (χ1n) is 12.5. The minimum absolute atomic E-state index is 0.0229. The molecule has 0 saturated carbocycles. The zero-order valence-corrected chi connectivity index (χ0v) is 22.6. The van der Waals surface area contributed by atoms with Crippen LogP contribution in [0.25, 0.3) is 0 Å². The minimum Gasteiger partial charge on any atom is -0.489 e. The van der Waals surface area contributed by atoms with E-state index in [1.54, 1.807) is 36.7 Å². The smallest absolute Gasteiger partial charge is 0.319 e. The number of ether oxygens (including phenoxy) is 1. The average molecular weight is 579 g/mol. The van der Waals surface area contributed by atoms with Crippen molar-refractivity contribution in [1.29, 1.82) is 0 Å². The van der Waals surface area contributed by atoms with Gasteiger partial charge in [-0.2, -0.15) is 0 Å². The SMILES string of the molecule is O=C(O)CC(CS(=O)(=O)c1ccc(OCc2ccc(F)c(NC(=O)NCc3cccnc3)c2)cc1)c1cccnc1. The predicted molar refractivity (Wildman–Crippen MR) is 149 cm³/mol. The van der Waals surface area contributed by atoms with Gasteiger partial charge in [-0.25, -0.2) is 17.6 Å². The van der Waals surface area contributed by atoms with Gasteiger partial charge in [-0.05, 0) is 65.2 Å². The number of urea groups is 1. The third kappa shape index (κ3) is 8.57. The van der Waals surface area contributed by atoms with Crippen LogP contribution in [0, 0.1) is 5.82 Å². The van der Waals surface area contributed by atoms with Crippen LogP contribution in [0.5, 0.6) is 5.75 Å². The monoisotopic (exact) mass is 578 g/mol. The number of hydrogen-bond acceptors (Lipinski definition) is 7. The van der Waals surface area contributed by atoms with Crippen molar-refractivity contribution in [3.8, 4) is 5.75 Å². The maximum Gasteiger partial charge on any atom is 0.319 e. The number of sulfone groups is 1. The lowest BCUT2D eigenvalue weighted by Gasteiger charge is -2.15. The Hall–Kier alpha value is -4.84. The van der Waals surface area contributed by atoms with Gasteiger partial charge in [0.1, 0.15) is 18.2 Å². The summed E-state index contributed by atoms with van der Waals surface area (Å²) in [6.07, 6.45) is 5.87. The van der Waals surface area contributed by atoms with E-state index >= 15 is 0 Å². The molecular formula is C29H27FN4O6S. The van der Waals surface area contributed by atoms with Crippen LogP contribution in [0.4, 0.5) is 14.9 Å². The van der Waals surface area contributed by atoms with Crippen molar-refractivity contribution >= 4 is 27.5 Å². The summed E-state index contributed by atoms with van der Waals surface area (Å²) in [6.45, 7) is 0.250. The summed E-state index contributed by atoms with van der Waals surface area (Å²) >= 11 is 0. The zero-order chi connectivity index (χ0) is 29.2. The fourth-order valence-corrected chi connectivity index (χ4v) is 5.56. The number of nitrogens with one attached hydrogen (secondary N) is 2. The molecule has 0 fully saturated rings. The highest BCUT2D eigenvalue weighted by atomic mass is 32.2. The van der Waals surface area contributed by atoms with Crippen LogP contribution in [0.15, 0.2) is 96.4 Å². The molecule has 12 heteroatoms. The molecular weight excluding hydrogens is 551 g/mol. The van der Waals surface area contributed by atoms with Crippen molar-refractivity contribution in [3.63, 3.8) is 0 Å². The number of rotatable bonds is 12. The van der Waals surface area contributed by atoms with Crippen LogP contribution in [0.3, 0.4) is 0 Å². The lowest BCUT2D eigenvalue weighted by Crippen LogP contribution is -2.28. The molecule has 2 aromatic carbocycles. The number of pyridine rings is 2. The van der Waals surface area contributed by atoms with E-state index < -0.39 is 39.3 Å². The molecule has 2 amide bonds. The Morgan fingerprint density at radius 2 is 1.68 bits per heavy atom. The van der Waals surface area contributed by atoms with Crippen LogP contribution in [-0.4, -0.2) is 41.2 Å². The molecule has 0 bridgehead atoms. The fraction of sp³-hybridized carbons (Fsp3) is 0.172. The number of anilines is 1. The zero-order valence-electron chi connectivity index (χ0n) is 21.7. The molecule has 2 heterocycles. The molecule has 4 rings (SSSR count). The van der Waals surface area contributed by atoms with Gasteiger partial charge in [0.2, 0.25) is 0 Å². The van der Waals surface area contributed by atoms with E-state index in [1.807, 2.05) is 0 Å². The Bertz CT molecular complexity index is 1590. The molecule has 4 aromatic rings. The lowest BCUT2D eigenvalue weighted by atomic mass is 10.00. The van der Waals surface area contributed by atoms with Crippen molar-refractivity contribution in [2.45, 2.75) is 30.4 Å². The molecule has 10 nitrogen and oxygen atoms in total. The summed E-state index contributed by atoms with van der Waals surface area (Å²) in [6, 6.07) is 16.1. The summed E-state index contributed by atoms with van der Waals surface area (Å²) in [5.74, 6) is -2.52. The Morgan fingerprint density at radius 3 is 2.34 bits per heavy atom. The summed E-state index contributed by atoms with van der Waals surface area (Å²) in [5.41, 5.74) is 1.86. The number of aliphatic carboxylic acids is 1. The normalized spacial score (nSPS) is 11.8. The number of carboxylic acids is 1. The molecule has 0 aliphatic carbocycles. The van der Waals surface area contributed by atoms with E-state index in [9.17, 15) is 27.5 Å². The van der Waals surface area contributed by atoms with Gasteiger partial charge >= 0.3 is 12.0 Å². The third-order valence-electron chi connectivity index (χ3n) is 6.04. The van der Waals surface area contributed by atoms with E-state index in [0.717, 1.165) is 5.56 Å². The van der Waals surface area contributed by atoms with Gasteiger partial charge < -0.3 is 20.5 Å². The van der Waals surface area contributed by atoms with E-state index in [0.29, 0.717) is 16.9 Å². The van der Waals surface area contributed by atoms with Crippen molar-refractivity contribution in [1.82, 2.24) is 15.3 Å². The molecule has 0 saturated heterocycles. The van der Waals surface area contributed by atoms with Gasteiger partial charge in [-0.15, -0.1) is 0 Å². The fourth-order valence-electron chi connectivity index (χ4n) is 3.98. The Kier molecular flexibility index (Phi) is 9.59. The molecule has 0 aliphatic rings. The minimum atomic E-state index is -3.82. The molecule has 1 unspecified atom stereocenters. The van der Waals surface area contributed by atoms with Gasteiger partial charge in [0.05, 0.1) is 22.8 Å². The molecule has 0 aliphatic heterocycles. The number of carbonyl (C=O) groups is 2. The quantitative estimate of drug-likeness (QED) is 0.222. The number of benzene rings is 2. The first kappa shape index (κ1) is 29.2. The van der Waals surface area contributed by atoms with Crippen LogP contribution < -0.4 is 15.4 Å². The molecule has 0 radical (unpaired) electrons. The van der Waals surface area contributed by atoms with E-state index in [-0.39, 0.29) is 30.2 Å². The maximum absolute atomic E-state index is 14.3. The van der Waals surface area contributed by atoms with E-state index in [4.69, 9.17) is 4.74 Å². The number of carbonyl (C=O) groups excluding carboxylic acids is 1. The van der Waals surface area contributed by atoms with Gasteiger partial charge in [0, 0.05) is 37.3 Å². The standard InChI is InChI=1S/C29H27FN4O6S/c30-26-10-5-20(13-27(26)34-29(37)33-16-21-3-1-11-31-15-21)18-40-24-6-8-25(9-7-24)41(38,39)19-23(14-28(35)36)22-4-2-12-32-17-22/h1-13,15,17,23H,14,16,18-19H2,(H,35,36)(H2,33,34,37). The van der Waals surface area contributed by atoms with Crippen LogP contribution >= 0.6 is 0 Å². The second-order valence-corrected chi connectivity index (χ2v) is 11.1. The van der Waals surface area contributed by atoms with Crippen LogP contribution in [0.2, 0.25) is 0 Å². The summed E-state index contributed by atoms with van der Waals surface area (Å²) in [4.78, 5) is 31.5. The maximum atomic E-state index is 14.3. The molecule has 41 heavy (non-hydrogen) atoms. The highest BCUT2D eigenvalue weighted by Crippen LogP contribution is 2.26. The highest BCUT2D eigenvalue weighted by molar-refractivity contribution is 7.91. The predicted octanol–water partition coefficient (Wildman–Crippen LogP) is 4.55. The highest BCUT2D eigenvalue weighted by Gasteiger charge is 2.25. The topological polar surface area (TPSA) is 148 Å². The van der Waals surface area contributed by atoms with Gasteiger partial charge in [0.25, 0.3) is 0 Å². The largest absolute Gasteiger partial charge is 0.489 e. The second-order valence-electron chi connectivity index (χ2n) is 9.11. The lowest BCUT2D eigenvalue weighted by molar-refractivity contribution is -0.137. The number of aromatic nitrogens is 2. The second kappa shape index (κ2) is 13.5. The van der Waals surface area contributed by atoms with Gasteiger partial charge in [-0.1, -0.05) is 18.2 Å². The first-order chi connectivity index (χ1) is 19.7. The van der Waals surface area contributed by atoms with Gasteiger partial charge in [0.15, 0.2) is 9.84 Å². The van der Waals surface area contributed by atoms with Crippen molar-refractivity contribution in [2.24, 2.45) is 0 Å². The third-order valence-corrected chi connectivity index (χ3v) is 7.87. The number of hydrogen-bond donors (Lipinski definition) is 3. The summed E-state index contributed by atoms with van der Waals surface area (Å²) in [5, 5.41) is 14.4. The van der Waals surface area contributed by atoms with Crippen molar-refractivity contribution < 1.29 is 32.2 Å². The first-order valence-corrected chi connectivity index (χ1v) is 14.1. The number of nitrogens with zero attached hydrogens (tertiary/aromatic N) is 2. The Morgan fingerprint density at radius 1 is 0.951 bits per heavy atom. The molecule has 3 N–H and O–H groups in total.